The number of rotatable bonds is 9. The minimum absolute atomic E-state index is 0.00714. The van der Waals surface area contributed by atoms with Crippen LogP contribution in [0.1, 0.15) is 25.8 Å². The smallest absolute Gasteiger partial charge is 0.249 e. The highest BCUT2D eigenvalue weighted by Crippen LogP contribution is 2.27. The fourth-order valence-corrected chi connectivity index (χ4v) is 3.81. The maximum atomic E-state index is 12.4. The minimum atomic E-state index is -0.573. The van der Waals surface area contributed by atoms with Crippen molar-refractivity contribution in [2.75, 3.05) is 37.6 Å². The highest BCUT2D eigenvalue weighted by molar-refractivity contribution is 5.81. The number of benzene rings is 2. The van der Waals surface area contributed by atoms with Gasteiger partial charge in [0.05, 0.1) is 12.7 Å². The monoisotopic (exact) mass is 420 g/mol. The molecule has 2 N–H and O–H groups in total. The van der Waals surface area contributed by atoms with Crippen LogP contribution in [-0.4, -0.2) is 44.7 Å². The van der Waals surface area contributed by atoms with Crippen molar-refractivity contribution < 1.29 is 9.53 Å². The normalized spacial score (nSPS) is 14.8. The first-order chi connectivity index (χ1) is 15.1. The third-order valence-electron chi connectivity index (χ3n) is 5.44. The fourth-order valence-electron chi connectivity index (χ4n) is 3.81. The summed E-state index contributed by atoms with van der Waals surface area (Å²) in [5, 5.41) is 14.7. The highest BCUT2D eigenvalue weighted by Gasteiger charge is 2.21. The second-order valence-corrected chi connectivity index (χ2v) is 8.25. The van der Waals surface area contributed by atoms with Crippen molar-refractivity contribution in [1.82, 2.24) is 10.6 Å². The van der Waals surface area contributed by atoms with E-state index >= 15 is 0 Å². The number of carbonyl (C=O) groups is 1. The topological polar surface area (TPSA) is 77.4 Å². The Kier molecular flexibility index (Phi) is 8.45. The summed E-state index contributed by atoms with van der Waals surface area (Å²) in [5.41, 5.74) is 4.52. The zero-order valence-corrected chi connectivity index (χ0v) is 18.4. The summed E-state index contributed by atoms with van der Waals surface area (Å²) in [5.74, 6) is 0.0821. The number of nitrogens with one attached hydrogen (secondary N) is 2. The third-order valence-corrected chi connectivity index (χ3v) is 5.44. The Bertz CT molecular complexity index is 883. The Hall–Kier alpha value is -2.88. The lowest BCUT2D eigenvalue weighted by Gasteiger charge is -2.29. The van der Waals surface area contributed by atoms with Gasteiger partial charge in [-0.1, -0.05) is 50.2 Å². The summed E-state index contributed by atoms with van der Waals surface area (Å²) in [6.45, 7) is 8.52. The first-order valence-electron chi connectivity index (χ1n) is 11.0. The van der Waals surface area contributed by atoms with Gasteiger partial charge in [0.1, 0.15) is 12.6 Å². The fraction of sp³-hybridized carbons (Fsp3) is 0.440. The Morgan fingerprint density at radius 2 is 1.87 bits per heavy atom. The molecule has 1 aliphatic rings. The molecule has 1 amide bonds. The second kappa shape index (κ2) is 11.5. The number of amides is 1. The average Bonchev–Trinajstić information content (AvgIpc) is 2.81. The SMILES string of the molecule is CC(C)CC(OCc1ccccc1-c1ccc(N2CCNCC2)cc1)C(=O)NCC#N. The zero-order chi connectivity index (χ0) is 22.1. The summed E-state index contributed by atoms with van der Waals surface area (Å²) in [7, 11) is 0. The number of hydrogen-bond donors (Lipinski definition) is 2. The number of anilines is 1. The molecule has 1 fully saturated rings. The maximum absolute atomic E-state index is 12.4. The second-order valence-electron chi connectivity index (χ2n) is 8.25. The van der Waals surface area contributed by atoms with E-state index in [1.165, 1.54) is 5.69 Å². The molecule has 0 spiro atoms. The minimum Gasteiger partial charge on any atom is -0.369 e. The van der Waals surface area contributed by atoms with Crippen molar-refractivity contribution in [3.8, 4) is 17.2 Å². The molecule has 0 radical (unpaired) electrons. The molecule has 1 atom stereocenters. The number of nitriles is 1. The van der Waals surface area contributed by atoms with Gasteiger partial charge in [-0.3, -0.25) is 4.79 Å². The highest BCUT2D eigenvalue weighted by atomic mass is 16.5. The van der Waals surface area contributed by atoms with Crippen LogP contribution in [0.25, 0.3) is 11.1 Å². The van der Waals surface area contributed by atoms with Crippen LogP contribution in [0, 0.1) is 17.2 Å². The summed E-state index contributed by atoms with van der Waals surface area (Å²) < 4.78 is 6.04. The number of carbonyl (C=O) groups excluding carboxylic acids is 1. The van der Waals surface area contributed by atoms with Gasteiger partial charge in [-0.2, -0.15) is 5.26 Å². The molecule has 164 valence electrons. The first-order valence-corrected chi connectivity index (χ1v) is 11.0. The van der Waals surface area contributed by atoms with Gasteiger partial charge in [0, 0.05) is 31.9 Å². The molecule has 2 aromatic rings. The van der Waals surface area contributed by atoms with E-state index in [1.54, 1.807) is 0 Å². The molecule has 6 nitrogen and oxygen atoms in total. The molecule has 31 heavy (non-hydrogen) atoms. The molecule has 1 aliphatic heterocycles. The van der Waals surface area contributed by atoms with Crippen molar-refractivity contribution in [2.24, 2.45) is 5.92 Å². The molecule has 0 aromatic heterocycles. The van der Waals surface area contributed by atoms with E-state index in [4.69, 9.17) is 10.00 Å². The van der Waals surface area contributed by atoms with Crippen LogP contribution in [0.5, 0.6) is 0 Å². The lowest BCUT2D eigenvalue weighted by Crippen LogP contribution is -2.43. The molecule has 0 bridgehead atoms. The summed E-state index contributed by atoms with van der Waals surface area (Å²) >= 11 is 0. The van der Waals surface area contributed by atoms with Crippen LogP contribution in [0.2, 0.25) is 0 Å². The van der Waals surface area contributed by atoms with E-state index in [0.717, 1.165) is 42.9 Å². The number of nitrogens with zero attached hydrogens (tertiary/aromatic N) is 2. The van der Waals surface area contributed by atoms with Crippen molar-refractivity contribution >= 4 is 11.6 Å². The van der Waals surface area contributed by atoms with Crippen LogP contribution in [0.15, 0.2) is 48.5 Å². The molecule has 1 saturated heterocycles. The van der Waals surface area contributed by atoms with Gasteiger partial charge in [-0.15, -0.1) is 0 Å². The van der Waals surface area contributed by atoms with Gasteiger partial charge < -0.3 is 20.3 Å². The summed E-state index contributed by atoms with van der Waals surface area (Å²) in [6, 6.07) is 18.7. The Balaban J connectivity index is 1.72. The van der Waals surface area contributed by atoms with Crippen molar-refractivity contribution in [3.05, 3.63) is 54.1 Å². The summed E-state index contributed by atoms with van der Waals surface area (Å²) in [4.78, 5) is 14.8. The number of hydrogen-bond acceptors (Lipinski definition) is 5. The van der Waals surface area contributed by atoms with Gasteiger partial charge in [0.25, 0.3) is 0 Å². The quantitative estimate of drug-likeness (QED) is 0.609. The maximum Gasteiger partial charge on any atom is 0.249 e. The van der Waals surface area contributed by atoms with Gasteiger partial charge in [-0.25, -0.2) is 0 Å². The lowest BCUT2D eigenvalue weighted by molar-refractivity contribution is -0.134. The Morgan fingerprint density at radius 1 is 1.16 bits per heavy atom. The van der Waals surface area contributed by atoms with Gasteiger partial charge in [0.15, 0.2) is 0 Å². The van der Waals surface area contributed by atoms with E-state index < -0.39 is 6.10 Å². The molecule has 1 unspecified atom stereocenters. The van der Waals surface area contributed by atoms with E-state index in [1.807, 2.05) is 24.3 Å². The van der Waals surface area contributed by atoms with Crippen LogP contribution in [0.4, 0.5) is 5.69 Å². The molecule has 6 heteroatoms. The predicted octanol–water partition coefficient (Wildman–Crippen LogP) is 3.33. The largest absolute Gasteiger partial charge is 0.369 e. The number of piperazine rings is 1. The van der Waals surface area contributed by atoms with E-state index in [0.29, 0.717) is 18.9 Å². The van der Waals surface area contributed by atoms with Crippen molar-refractivity contribution in [2.45, 2.75) is 33.0 Å². The molecule has 3 rings (SSSR count). The van der Waals surface area contributed by atoms with Crippen molar-refractivity contribution in [3.63, 3.8) is 0 Å². The third kappa shape index (κ3) is 6.55. The van der Waals surface area contributed by atoms with Crippen LogP contribution in [0.3, 0.4) is 0 Å². The summed E-state index contributed by atoms with van der Waals surface area (Å²) in [6.07, 6.45) is 0.0372. The molecule has 1 heterocycles. The van der Waals surface area contributed by atoms with E-state index in [2.05, 4.69) is 59.7 Å². The van der Waals surface area contributed by atoms with Gasteiger partial charge >= 0.3 is 0 Å². The predicted molar refractivity (Wildman–Crippen MR) is 124 cm³/mol. The number of ether oxygens (including phenoxy) is 1. The molecular weight excluding hydrogens is 388 g/mol. The zero-order valence-electron chi connectivity index (χ0n) is 18.4. The van der Waals surface area contributed by atoms with Gasteiger partial charge in [0.2, 0.25) is 5.91 Å². The Labute approximate surface area is 185 Å². The molecule has 2 aromatic carbocycles. The first kappa shape index (κ1) is 22.8. The van der Waals surface area contributed by atoms with E-state index in [-0.39, 0.29) is 12.5 Å². The van der Waals surface area contributed by atoms with Crippen molar-refractivity contribution in [1.29, 1.82) is 5.26 Å². The molecule has 0 aliphatic carbocycles. The average molecular weight is 421 g/mol. The van der Waals surface area contributed by atoms with Crippen LogP contribution >= 0.6 is 0 Å². The van der Waals surface area contributed by atoms with Crippen LogP contribution < -0.4 is 15.5 Å². The lowest BCUT2D eigenvalue weighted by atomic mass is 9.99. The molecular formula is C25H32N4O2. The van der Waals surface area contributed by atoms with Crippen LogP contribution in [-0.2, 0) is 16.1 Å². The van der Waals surface area contributed by atoms with E-state index in [9.17, 15) is 4.79 Å². The van der Waals surface area contributed by atoms with Gasteiger partial charge in [-0.05, 0) is 41.2 Å². The Morgan fingerprint density at radius 3 is 2.55 bits per heavy atom. The standard InChI is InChI=1S/C25H32N4O2/c1-19(2)17-24(25(30)28-12-11-26)31-18-21-5-3-4-6-23(21)20-7-9-22(10-8-20)29-15-13-27-14-16-29/h3-10,19,24,27H,12-18H2,1-2H3,(H,28,30). The molecule has 0 saturated carbocycles.